The van der Waals surface area contributed by atoms with Crippen LogP contribution in [0.1, 0.15) is 12.5 Å². The van der Waals surface area contributed by atoms with Gasteiger partial charge in [-0.25, -0.2) is 12.7 Å². The third kappa shape index (κ3) is 3.80. The summed E-state index contributed by atoms with van der Waals surface area (Å²) < 4.78 is 25.6. The van der Waals surface area contributed by atoms with Crippen molar-refractivity contribution in [2.24, 2.45) is 0 Å². The minimum Gasteiger partial charge on any atom is -0.318 e. The van der Waals surface area contributed by atoms with Crippen LogP contribution in [0, 0.1) is 0 Å². The standard InChI is InChI=1S/C12H20N2O2S/c1-11(9-13-2)17(15,16)14(3)10-12-7-5-4-6-8-12/h4-8,11,13H,9-10H2,1-3H3. The molecule has 17 heavy (non-hydrogen) atoms. The molecule has 0 fully saturated rings. The molecular weight excluding hydrogens is 236 g/mol. The number of sulfonamides is 1. The van der Waals surface area contributed by atoms with Gasteiger partial charge in [0.1, 0.15) is 0 Å². The zero-order chi connectivity index (χ0) is 12.9. The Bertz CT molecular complexity index is 431. The van der Waals surface area contributed by atoms with E-state index in [0.29, 0.717) is 13.1 Å². The highest BCUT2D eigenvalue weighted by atomic mass is 32.2. The zero-order valence-corrected chi connectivity index (χ0v) is 11.4. The van der Waals surface area contributed by atoms with E-state index in [9.17, 15) is 8.42 Å². The monoisotopic (exact) mass is 256 g/mol. The van der Waals surface area contributed by atoms with Crippen LogP contribution in [0.3, 0.4) is 0 Å². The van der Waals surface area contributed by atoms with Crippen LogP contribution >= 0.6 is 0 Å². The van der Waals surface area contributed by atoms with Crippen molar-refractivity contribution < 1.29 is 8.42 Å². The summed E-state index contributed by atoms with van der Waals surface area (Å²) in [5.41, 5.74) is 0.996. The summed E-state index contributed by atoms with van der Waals surface area (Å²) >= 11 is 0. The molecule has 1 aromatic rings. The molecule has 0 aliphatic rings. The van der Waals surface area contributed by atoms with Crippen molar-refractivity contribution in [1.29, 1.82) is 0 Å². The molecule has 4 nitrogen and oxygen atoms in total. The van der Waals surface area contributed by atoms with Gasteiger partial charge >= 0.3 is 0 Å². The van der Waals surface area contributed by atoms with Gasteiger partial charge < -0.3 is 5.32 Å². The van der Waals surface area contributed by atoms with E-state index < -0.39 is 15.3 Å². The van der Waals surface area contributed by atoms with E-state index >= 15 is 0 Å². The van der Waals surface area contributed by atoms with E-state index in [1.54, 1.807) is 21.0 Å². The summed E-state index contributed by atoms with van der Waals surface area (Å²) in [4.78, 5) is 0. The topological polar surface area (TPSA) is 49.4 Å². The van der Waals surface area contributed by atoms with Gasteiger partial charge in [-0.3, -0.25) is 0 Å². The smallest absolute Gasteiger partial charge is 0.218 e. The highest BCUT2D eigenvalue weighted by molar-refractivity contribution is 7.89. The van der Waals surface area contributed by atoms with Crippen LogP contribution in [0.2, 0.25) is 0 Å². The lowest BCUT2D eigenvalue weighted by Crippen LogP contribution is -2.38. The van der Waals surface area contributed by atoms with Crippen molar-refractivity contribution in [3.05, 3.63) is 35.9 Å². The van der Waals surface area contributed by atoms with Crippen molar-refractivity contribution in [2.45, 2.75) is 18.7 Å². The second-order valence-corrected chi connectivity index (χ2v) is 6.61. The van der Waals surface area contributed by atoms with Gasteiger partial charge in [-0.05, 0) is 19.5 Å². The molecule has 0 aromatic heterocycles. The third-order valence-corrected chi connectivity index (χ3v) is 4.86. The molecule has 1 N–H and O–H groups in total. The largest absolute Gasteiger partial charge is 0.318 e. The fourth-order valence-electron chi connectivity index (χ4n) is 1.63. The van der Waals surface area contributed by atoms with E-state index in [1.165, 1.54) is 4.31 Å². The fourth-order valence-corrected chi connectivity index (χ4v) is 2.95. The molecule has 0 heterocycles. The maximum atomic E-state index is 12.1. The molecule has 0 amide bonds. The minimum absolute atomic E-state index is 0.414. The van der Waals surface area contributed by atoms with Crippen LogP contribution < -0.4 is 5.32 Å². The molecule has 0 aliphatic carbocycles. The predicted molar refractivity (Wildman–Crippen MR) is 70.2 cm³/mol. The Hall–Kier alpha value is -0.910. The van der Waals surface area contributed by atoms with Crippen molar-refractivity contribution in [3.8, 4) is 0 Å². The molecule has 1 atom stereocenters. The number of hydrogen-bond donors (Lipinski definition) is 1. The van der Waals surface area contributed by atoms with Crippen molar-refractivity contribution in [2.75, 3.05) is 20.6 Å². The lowest BCUT2D eigenvalue weighted by atomic mass is 10.2. The summed E-state index contributed by atoms with van der Waals surface area (Å²) in [5, 5.41) is 2.47. The van der Waals surface area contributed by atoms with Gasteiger partial charge in [-0.2, -0.15) is 0 Å². The van der Waals surface area contributed by atoms with E-state index in [0.717, 1.165) is 5.56 Å². The molecule has 1 aromatic carbocycles. The number of benzene rings is 1. The van der Waals surface area contributed by atoms with E-state index in [-0.39, 0.29) is 0 Å². The molecule has 1 rings (SSSR count). The zero-order valence-electron chi connectivity index (χ0n) is 10.6. The summed E-state index contributed by atoms with van der Waals surface area (Å²) in [7, 11) is 0.144. The third-order valence-electron chi connectivity index (χ3n) is 2.68. The lowest BCUT2D eigenvalue weighted by molar-refractivity contribution is 0.455. The Morgan fingerprint density at radius 3 is 2.41 bits per heavy atom. The number of nitrogens with zero attached hydrogens (tertiary/aromatic N) is 1. The molecule has 0 spiro atoms. The highest BCUT2D eigenvalue weighted by Crippen LogP contribution is 2.11. The van der Waals surface area contributed by atoms with Crippen molar-refractivity contribution >= 4 is 10.0 Å². The van der Waals surface area contributed by atoms with Gasteiger partial charge in [0, 0.05) is 20.1 Å². The Kier molecular flexibility index (Phi) is 5.11. The van der Waals surface area contributed by atoms with Crippen LogP contribution in [0.15, 0.2) is 30.3 Å². The number of rotatable bonds is 6. The van der Waals surface area contributed by atoms with Gasteiger partial charge in [-0.15, -0.1) is 0 Å². The normalized spacial score (nSPS) is 13.9. The van der Waals surface area contributed by atoms with Crippen LogP contribution in [0.5, 0.6) is 0 Å². The Labute approximate surface area is 104 Å². The van der Waals surface area contributed by atoms with Crippen LogP contribution in [0.25, 0.3) is 0 Å². The van der Waals surface area contributed by atoms with Crippen LogP contribution in [-0.4, -0.2) is 38.6 Å². The molecule has 0 saturated heterocycles. The van der Waals surface area contributed by atoms with Crippen LogP contribution in [-0.2, 0) is 16.6 Å². The molecule has 1 unspecified atom stereocenters. The van der Waals surface area contributed by atoms with Gasteiger partial charge in [0.05, 0.1) is 5.25 Å². The minimum atomic E-state index is -3.23. The summed E-state index contributed by atoms with van der Waals surface area (Å²) in [6, 6.07) is 9.59. The average molecular weight is 256 g/mol. The van der Waals surface area contributed by atoms with Crippen LogP contribution in [0.4, 0.5) is 0 Å². The van der Waals surface area contributed by atoms with E-state index in [4.69, 9.17) is 0 Å². The first-order valence-corrected chi connectivity index (χ1v) is 7.12. The summed E-state index contributed by atoms with van der Waals surface area (Å²) in [6.07, 6.45) is 0. The Morgan fingerprint density at radius 1 is 1.29 bits per heavy atom. The molecule has 0 aliphatic heterocycles. The van der Waals surface area contributed by atoms with Gasteiger partial charge in [-0.1, -0.05) is 30.3 Å². The lowest BCUT2D eigenvalue weighted by Gasteiger charge is -2.21. The van der Waals surface area contributed by atoms with Crippen molar-refractivity contribution in [3.63, 3.8) is 0 Å². The van der Waals surface area contributed by atoms with E-state index in [2.05, 4.69) is 5.32 Å². The summed E-state index contributed by atoms with van der Waals surface area (Å²) in [6.45, 7) is 2.59. The SMILES string of the molecule is CNCC(C)S(=O)(=O)N(C)Cc1ccccc1. The second-order valence-electron chi connectivity index (χ2n) is 4.15. The average Bonchev–Trinajstić information content (AvgIpc) is 2.30. The Morgan fingerprint density at radius 2 is 1.88 bits per heavy atom. The number of hydrogen-bond acceptors (Lipinski definition) is 3. The molecule has 0 radical (unpaired) electrons. The first-order valence-electron chi connectivity index (χ1n) is 5.62. The molecular formula is C12H20N2O2S. The predicted octanol–water partition coefficient (Wildman–Crippen LogP) is 1.06. The molecule has 96 valence electrons. The molecule has 0 bridgehead atoms. The Balaban J connectivity index is 2.73. The quantitative estimate of drug-likeness (QED) is 0.828. The summed E-state index contributed by atoms with van der Waals surface area (Å²) in [5.74, 6) is 0. The second kappa shape index (κ2) is 6.14. The van der Waals surface area contributed by atoms with Gasteiger partial charge in [0.25, 0.3) is 0 Å². The molecule has 5 heteroatoms. The van der Waals surface area contributed by atoms with Crippen molar-refractivity contribution in [1.82, 2.24) is 9.62 Å². The fraction of sp³-hybridized carbons (Fsp3) is 0.500. The number of nitrogens with one attached hydrogen (secondary N) is 1. The first-order chi connectivity index (χ1) is 7.98. The van der Waals surface area contributed by atoms with Gasteiger partial charge in [0.15, 0.2) is 0 Å². The first kappa shape index (κ1) is 14.2. The van der Waals surface area contributed by atoms with E-state index in [1.807, 2.05) is 30.3 Å². The maximum absolute atomic E-state index is 12.1. The highest BCUT2D eigenvalue weighted by Gasteiger charge is 2.25. The molecule has 0 saturated carbocycles. The maximum Gasteiger partial charge on any atom is 0.218 e. The van der Waals surface area contributed by atoms with Gasteiger partial charge in [0.2, 0.25) is 10.0 Å².